The zero-order chi connectivity index (χ0) is 23.6. The maximum Gasteiger partial charge on any atom is 0.251 e. The highest BCUT2D eigenvalue weighted by atomic mass is 32.2. The molecule has 3 aromatic rings. The first-order chi connectivity index (χ1) is 15.7. The van der Waals surface area contributed by atoms with Gasteiger partial charge in [-0.2, -0.15) is 4.31 Å². The number of nitrogens with zero attached hydrogens (tertiary/aromatic N) is 2. The van der Waals surface area contributed by atoms with E-state index in [0.29, 0.717) is 42.2 Å². The van der Waals surface area contributed by atoms with Gasteiger partial charge in [-0.25, -0.2) is 13.4 Å². The first kappa shape index (κ1) is 22.9. The van der Waals surface area contributed by atoms with E-state index in [1.54, 1.807) is 55.5 Å². The molecule has 172 valence electrons. The largest absolute Gasteiger partial charge is 0.326 e. The predicted molar refractivity (Wildman–Crippen MR) is 126 cm³/mol. The molecule has 1 fully saturated rings. The van der Waals surface area contributed by atoms with Crippen LogP contribution in [-0.2, 0) is 14.8 Å². The van der Waals surface area contributed by atoms with Crippen LogP contribution in [0.15, 0.2) is 64.3 Å². The van der Waals surface area contributed by atoms with Crippen LogP contribution in [0, 0.1) is 19.8 Å². The Kier molecular flexibility index (Phi) is 6.44. The molecule has 1 amide bonds. The van der Waals surface area contributed by atoms with Gasteiger partial charge in [-0.3, -0.25) is 9.59 Å². The van der Waals surface area contributed by atoms with Crippen LogP contribution in [-0.4, -0.2) is 41.7 Å². The second kappa shape index (κ2) is 9.29. The maximum atomic E-state index is 13.0. The third-order valence-electron chi connectivity index (χ3n) is 5.69. The second-order valence-electron chi connectivity index (χ2n) is 8.32. The van der Waals surface area contributed by atoms with Crippen LogP contribution in [0.25, 0.3) is 11.4 Å². The normalized spacial score (nSPS) is 17.0. The van der Waals surface area contributed by atoms with Crippen LogP contribution in [0.5, 0.6) is 0 Å². The highest BCUT2D eigenvalue weighted by Gasteiger charge is 2.33. The van der Waals surface area contributed by atoms with E-state index in [0.717, 1.165) is 5.56 Å². The van der Waals surface area contributed by atoms with E-state index < -0.39 is 15.9 Å². The number of H-pyrrole nitrogens is 1. The van der Waals surface area contributed by atoms with Gasteiger partial charge in [0.05, 0.1) is 10.8 Å². The summed E-state index contributed by atoms with van der Waals surface area (Å²) < 4.78 is 27.5. The number of carbonyl (C=O) groups excluding carboxylic acids is 1. The molecule has 0 bridgehead atoms. The molecule has 1 aromatic heterocycles. The van der Waals surface area contributed by atoms with Gasteiger partial charge in [-0.15, -0.1) is 0 Å². The molecule has 0 radical (unpaired) electrons. The van der Waals surface area contributed by atoms with Crippen molar-refractivity contribution >= 4 is 21.6 Å². The molecule has 33 heavy (non-hydrogen) atoms. The van der Waals surface area contributed by atoms with Crippen molar-refractivity contribution in [3.8, 4) is 11.4 Å². The Bertz CT molecular complexity index is 1330. The fraction of sp³-hybridized carbons (Fsp3) is 0.292. The molecule has 1 saturated heterocycles. The van der Waals surface area contributed by atoms with Crippen LogP contribution in [0.3, 0.4) is 0 Å². The molecule has 2 N–H and O–H groups in total. The van der Waals surface area contributed by atoms with Crippen molar-refractivity contribution < 1.29 is 13.2 Å². The lowest BCUT2D eigenvalue weighted by Crippen LogP contribution is -2.43. The first-order valence-corrected chi connectivity index (χ1v) is 12.2. The molecule has 2 aromatic carbocycles. The molecular weight excluding hydrogens is 440 g/mol. The molecule has 1 atom stereocenters. The Morgan fingerprint density at radius 3 is 2.61 bits per heavy atom. The molecule has 9 heteroatoms. The number of amides is 1. The van der Waals surface area contributed by atoms with Gasteiger partial charge in [0.1, 0.15) is 5.82 Å². The minimum absolute atomic E-state index is 0.133. The molecule has 2 heterocycles. The number of rotatable bonds is 5. The van der Waals surface area contributed by atoms with Crippen LogP contribution >= 0.6 is 0 Å². The number of sulfonamides is 1. The summed E-state index contributed by atoms with van der Waals surface area (Å²) >= 11 is 0. The molecule has 0 spiro atoms. The number of piperidine rings is 1. The van der Waals surface area contributed by atoms with E-state index in [2.05, 4.69) is 15.3 Å². The van der Waals surface area contributed by atoms with Crippen molar-refractivity contribution in [2.24, 2.45) is 5.92 Å². The fourth-order valence-corrected chi connectivity index (χ4v) is 5.46. The van der Waals surface area contributed by atoms with E-state index in [9.17, 15) is 18.0 Å². The third kappa shape index (κ3) is 5.20. The minimum Gasteiger partial charge on any atom is -0.326 e. The van der Waals surface area contributed by atoms with Crippen LogP contribution in [0.1, 0.15) is 24.1 Å². The van der Waals surface area contributed by atoms with Crippen LogP contribution < -0.4 is 10.9 Å². The Morgan fingerprint density at radius 1 is 1.12 bits per heavy atom. The standard InChI is InChI=1S/C24H26N4O4S/c1-16-8-10-21(11-9-16)33(31,32)28-12-4-6-19(15-28)24(30)26-20-7-3-5-18(14-20)23-25-17(2)13-22(29)27-23/h3,5,7-11,13-14,19H,4,6,12,15H2,1-2H3,(H,26,30)(H,25,27,29)/t19-/m0/s1. The molecule has 1 aliphatic rings. The van der Waals surface area contributed by atoms with E-state index >= 15 is 0 Å². The summed E-state index contributed by atoms with van der Waals surface area (Å²) in [5, 5.41) is 2.89. The van der Waals surface area contributed by atoms with Gasteiger partial charge in [0, 0.05) is 36.1 Å². The Morgan fingerprint density at radius 2 is 1.88 bits per heavy atom. The van der Waals surface area contributed by atoms with Gasteiger partial charge in [0.25, 0.3) is 5.56 Å². The van der Waals surface area contributed by atoms with E-state index in [1.165, 1.54) is 10.4 Å². The number of aryl methyl sites for hydroxylation is 2. The number of carbonyl (C=O) groups is 1. The Hall–Kier alpha value is -3.30. The zero-order valence-corrected chi connectivity index (χ0v) is 19.4. The molecule has 8 nitrogen and oxygen atoms in total. The van der Waals surface area contributed by atoms with Crippen LogP contribution in [0.2, 0.25) is 0 Å². The quantitative estimate of drug-likeness (QED) is 0.600. The van der Waals surface area contributed by atoms with Crippen molar-refractivity contribution in [2.75, 3.05) is 18.4 Å². The smallest absolute Gasteiger partial charge is 0.251 e. The highest BCUT2D eigenvalue weighted by molar-refractivity contribution is 7.89. The molecule has 1 aliphatic heterocycles. The number of hydrogen-bond acceptors (Lipinski definition) is 5. The average molecular weight is 467 g/mol. The number of benzene rings is 2. The summed E-state index contributed by atoms with van der Waals surface area (Å²) in [5.74, 6) is -0.273. The molecule has 0 aliphatic carbocycles. The number of aromatic amines is 1. The minimum atomic E-state index is -3.66. The number of aromatic nitrogens is 2. The number of anilines is 1. The summed E-state index contributed by atoms with van der Waals surface area (Å²) in [6, 6.07) is 15.2. The average Bonchev–Trinajstić information content (AvgIpc) is 2.79. The zero-order valence-electron chi connectivity index (χ0n) is 18.5. The summed E-state index contributed by atoms with van der Waals surface area (Å²) in [5.41, 5.74) is 2.56. The van der Waals surface area contributed by atoms with Gasteiger partial charge in [0.15, 0.2) is 0 Å². The summed E-state index contributed by atoms with van der Waals surface area (Å²) in [7, 11) is -3.66. The van der Waals surface area contributed by atoms with E-state index in [1.807, 2.05) is 6.92 Å². The van der Waals surface area contributed by atoms with Gasteiger partial charge >= 0.3 is 0 Å². The second-order valence-corrected chi connectivity index (χ2v) is 10.3. The van der Waals surface area contributed by atoms with Gasteiger partial charge in [0.2, 0.25) is 15.9 Å². The maximum absolute atomic E-state index is 13.0. The Labute approximate surface area is 192 Å². The lowest BCUT2D eigenvalue weighted by molar-refractivity contribution is -0.120. The predicted octanol–water partition coefficient (Wildman–Crippen LogP) is 3.09. The highest BCUT2D eigenvalue weighted by Crippen LogP contribution is 2.26. The monoisotopic (exact) mass is 466 g/mol. The van der Waals surface area contributed by atoms with Crippen LogP contribution in [0.4, 0.5) is 5.69 Å². The van der Waals surface area contributed by atoms with E-state index in [-0.39, 0.29) is 22.9 Å². The third-order valence-corrected chi connectivity index (χ3v) is 7.57. The van der Waals surface area contributed by atoms with Crippen molar-refractivity contribution in [1.82, 2.24) is 14.3 Å². The van der Waals surface area contributed by atoms with Crippen molar-refractivity contribution in [1.29, 1.82) is 0 Å². The lowest BCUT2D eigenvalue weighted by atomic mass is 9.98. The Balaban J connectivity index is 1.49. The molecule has 0 saturated carbocycles. The number of nitrogens with one attached hydrogen (secondary N) is 2. The number of hydrogen-bond donors (Lipinski definition) is 2. The van der Waals surface area contributed by atoms with Gasteiger partial charge in [-0.05, 0) is 51.0 Å². The SMILES string of the molecule is Cc1ccc(S(=O)(=O)N2CCC[C@H](C(=O)Nc3cccc(-c4nc(C)cc(=O)[nH]4)c3)C2)cc1. The lowest BCUT2D eigenvalue weighted by Gasteiger charge is -2.31. The summed E-state index contributed by atoms with van der Waals surface area (Å²) in [6.45, 7) is 4.17. The van der Waals surface area contributed by atoms with Gasteiger partial charge < -0.3 is 10.3 Å². The van der Waals surface area contributed by atoms with Crippen molar-refractivity contribution in [3.05, 3.63) is 76.2 Å². The summed E-state index contributed by atoms with van der Waals surface area (Å²) in [6.07, 6.45) is 1.22. The van der Waals surface area contributed by atoms with Gasteiger partial charge in [-0.1, -0.05) is 29.8 Å². The molecular formula is C24H26N4O4S. The van der Waals surface area contributed by atoms with E-state index in [4.69, 9.17) is 0 Å². The fourth-order valence-electron chi connectivity index (χ4n) is 3.94. The van der Waals surface area contributed by atoms with Crippen molar-refractivity contribution in [3.63, 3.8) is 0 Å². The first-order valence-electron chi connectivity index (χ1n) is 10.8. The topological polar surface area (TPSA) is 112 Å². The molecule has 4 rings (SSSR count). The van der Waals surface area contributed by atoms with Crippen molar-refractivity contribution in [2.45, 2.75) is 31.6 Å². The molecule has 0 unspecified atom stereocenters. The summed E-state index contributed by atoms with van der Waals surface area (Å²) in [4.78, 5) is 32.0.